The third-order valence-corrected chi connectivity index (χ3v) is 4.19. The minimum atomic E-state index is -0.266. The summed E-state index contributed by atoms with van der Waals surface area (Å²) in [4.78, 5) is 30.2. The predicted molar refractivity (Wildman–Crippen MR) is 79.7 cm³/mol. The molecular formula is C16H21N3O3. The van der Waals surface area contributed by atoms with Crippen molar-refractivity contribution in [3.8, 4) is 0 Å². The number of nitrogens with one attached hydrogen (secondary N) is 1. The first kappa shape index (κ1) is 15.0. The van der Waals surface area contributed by atoms with Gasteiger partial charge in [0, 0.05) is 32.3 Å². The Morgan fingerprint density at radius 3 is 3.09 bits per heavy atom. The molecule has 0 spiro atoms. The van der Waals surface area contributed by atoms with Gasteiger partial charge < -0.3 is 15.0 Å². The molecule has 2 unspecified atom stereocenters. The van der Waals surface area contributed by atoms with E-state index < -0.39 is 0 Å². The molecule has 0 radical (unpaired) electrons. The van der Waals surface area contributed by atoms with Crippen LogP contribution in [0.25, 0.3) is 0 Å². The average molecular weight is 303 g/mol. The highest BCUT2D eigenvalue weighted by molar-refractivity contribution is 5.89. The van der Waals surface area contributed by atoms with E-state index in [1.165, 1.54) is 0 Å². The molecule has 0 aromatic carbocycles. The van der Waals surface area contributed by atoms with Gasteiger partial charge in [0.25, 0.3) is 0 Å². The molecule has 22 heavy (non-hydrogen) atoms. The summed E-state index contributed by atoms with van der Waals surface area (Å²) in [6.07, 6.45) is 4.17. The predicted octanol–water partition coefficient (Wildman–Crippen LogP) is 0.725. The van der Waals surface area contributed by atoms with Crippen LogP contribution in [0.5, 0.6) is 0 Å². The highest BCUT2D eigenvalue weighted by atomic mass is 16.5. The van der Waals surface area contributed by atoms with E-state index in [1.807, 2.05) is 18.2 Å². The van der Waals surface area contributed by atoms with Crippen molar-refractivity contribution in [1.29, 1.82) is 0 Å². The van der Waals surface area contributed by atoms with Crippen LogP contribution >= 0.6 is 0 Å². The summed E-state index contributed by atoms with van der Waals surface area (Å²) in [5.41, 5.74) is 0.844. The van der Waals surface area contributed by atoms with E-state index >= 15 is 0 Å². The van der Waals surface area contributed by atoms with Crippen molar-refractivity contribution < 1.29 is 14.3 Å². The molecule has 1 aromatic heterocycles. The van der Waals surface area contributed by atoms with Crippen LogP contribution in [0.3, 0.4) is 0 Å². The van der Waals surface area contributed by atoms with Gasteiger partial charge in [0.1, 0.15) is 0 Å². The zero-order valence-corrected chi connectivity index (χ0v) is 12.5. The minimum Gasteiger partial charge on any atom is -0.376 e. The largest absolute Gasteiger partial charge is 0.376 e. The molecule has 0 saturated carbocycles. The quantitative estimate of drug-likeness (QED) is 0.870. The zero-order chi connectivity index (χ0) is 15.4. The zero-order valence-electron chi connectivity index (χ0n) is 12.5. The molecule has 2 amide bonds. The van der Waals surface area contributed by atoms with Gasteiger partial charge in [-0.2, -0.15) is 0 Å². The Hall–Kier alpha value is -1.95. The van der Waals surface area contributed by atoms with Crippen LogP contribution in [0.15, 0.2) is 24.4 Å². The average Bonchev–Trinajstić information content (AvgIpc) is 3.16. The van der Waals surface area contributed by atoms with Gasteiger partial charge in [0.05, 0.1) is 24.3 Å². The van der Waals surface area contributed by atoms with Gasteiger partial charge in [0.2, 0.25) is 11.8 Å². The number of hydrogen-bond acceptors (Lipinski definition) is 4. The van der Waals surface area contributed by atoms with Crippen molar-refractivity contribution in [3.63, 3.8) is 0 Å². The van der Waals surface area contributed by atoms with E-state index in [0.717, 1.165) is 25.1 Å². The molecule has 6 heteroatoms. The second kappa shape index (κ2) is 6.87. The van der Waals surface area contributed by atoms with Crippen molar-refractivity contribution in [2.24, 2.45) is 5.92 Å². The molecule has 2 aliphatic rings. The second-order valence-corrected chi connectivity index (χ2v) is 5.88. The molecule has 3 heterocycles. The molecule has 2 aliphatic heterocycles. The number of likely N-dealkylation sites (tertiary alicyclic amines) is 1. The van der Waals surface area contributed by atoms with Crippen LogP contribution in [0, 0.1) is 5.92 Å². The Kier molecular flexibility index (Phi) is 4.68. The Bertz CT molecular complexity index is 529. The molecular weight excluding hydrogens is 282 g/mol. The molecule has 0 aliphatic carbocycles. The maximum Gasteiger partial charge on any atom is 0.225 e. The number of carbonyl (C=O) groups is 2. The molecule has 2 fully saturated rings. The van der Waals surface area contributed by atoms with Crippen LogP contribution in [0.4, 0.5) is 0 Å². The maximum atomic E-state index is 12.2. The van der Waals surface area contributed by atoms with Gasteiger partial charge in [0.15, 0.2) is 0 Å². The van der Waals surface area contributed by atoms with Crippen LogP contribution in [0.2, 0.25) is 0 Å². The maximum absolute atomic E-state index is 12.2. The first-order valence-corrected chi connectivity index (χ1v) is 7.79. The summed E-state index contributed by atoms with van der Waals surface area (Å²) < 4.78 is 5.49. The van der Waals surface area contributed by atoms with Crippen LogP contribution in [-0.4, -0.2) is 47.5 Å². The normalized spacial score (nSPS) is 24.7. The molecule has 1 aromatic rings. The Labute approximate surface area is 129 Å². The SMILES string of the molecule is O=C(NCC1CCCO1)C1CC(=O)N(Cc2ccccn2)C1. The second-order valence-electron chi connectivity index (χ2n) is 5.88. The minimum absolute atomic E-state index is 0.0166. The number of pyridine rings is 1. The van der Waals surface area contributed by atoms with Crippen molar-refractivity contribution in [2.45, 2.75) is 31.9 Å². The van der Waals surface area contributed by atoms with Gasteiger partial charge in [-0.05, 0) is 25.0 Å². The molecule has 0 bridgehead atoms. The molecule has 1 N–H and O–H groups in total. The number of hydrogen-bond donors (Lipinski definition) is 1. The summed E-state index contributed by atoms with van der Waals surface area (Å²) >= 11 is 0. The van der Waals surface area contributed by atoms with Crippen LogP contribution in [0.1, 0.15) is 25.0 Å². The molecule has 2 atom stereocenters. The molecule has 6 nitrogen and oxygen atoms in total. The summed E-state index contributed by atoms with van der Waals surface area (Å²) in [6, 6.07) is 5.63. The Balaban J connectivity index is 1.49. The van der Waals surface area contributed by atoms with E-state index in [1.54, 1.807) is 11.1 Å². The fourth-order valence-corrected chi connectivity index (χ4v) is 2.95. The first-order valence-electron chi connectivity index (χ1n) is 7.79. The lowest BCUT2D eigenvalue weighted by molar-refractivity contribution is -0.129. The summed E-state index contributed by atoms with van der Waals surface area (Å²) in [5, 5.41) is 2.91. The van der Waals surface area contributed by atoms with E-state index in [9.17, 15) is 9.59 Å². The lowest BCUT2D eigenvalue weighted by Crippen LogP contribution is -2.37. The summed E-state index contributed by atoms with van der Waals surface area (Å²) in [7, 11) is 0. The number of nitrogens with zero attached hydrogens (tertiary/aromatic N) is 2. The van der Waals surface area contributed by atoms with Crippen molar-refractivity contribution in [1.82, 2.24) is 15.2 Å². The van der Waals surface area contributed by atoms with E-state index in [-0.39, 0.29) is 30.3 Å². The topological polar surface area (TPSA) is 71.5 Å². The van der Waals surface area contributed by atoms with Crippen molar-refractivity contribution in [2.75, 3.05) is 19.7 Å². The monoisotopic (exact) mass is 303 g/mol. The van der Waals surface area contributed by atoms with Gasteiger partial charge in [-0.25, -0.2) is 0 Å². The number of carbonyl (C=O) groups excluding carboxylic acids is 2. The van der Waals surface area contributed by atoms with E-state index in [0.29, 0.717) is 19.6 Å². The Morgan fingerprint density at radius 2 is 2.36 bits per heavy atom. The number of rotatable bonds is 5. The number of aromatic nitrogens is 1. The van der Waals surface area contributed by atoms with Gasteiger partial charge in [-0.3, -0.25) is 14.6 Å². The number of amides is 2. The highest BCUT2D eigenvalue weighted by Crippen LogP contribution is 2.20. The van der Waals surface area contributed by atoms with E-state index in [2.05, 4.69) is 10.3 Å². The lowest BCUT2D eigenvalue weighted by Gasteiger charge is -2.16. The van der Waals surface area contributed by atoms with Crippen molar-refractivity contribution >= 4 is 11.8 Å². The third-order valence-electron chi connectivity index (χ3n) is 4.19. The van der Waals surface area contributed by atoms with Crippen LogP contribution < -0.4 is 5.32 Å². The van der Waals surface area contributed by atoms with Gasteiger partial charge in [-0.15, -0.1) is 0 Å². The first-order chi connectivity index (χ1) is 10.7. The standard InChI is InChI=1S/C16H21N3O3/c20-15-8-12(16(21)18-9-14-5-3-7-22-14)10-19(15)11-13-4-1-2-6-17-13/h1-2,4,6,12,14H,3,5,7-11H2,(H,18,21). The highest BCUT2D eigenvalue weighted by Gasteiger charge is 2.34. The van der Waals surface area contributed by atoms with Crippen LogP contribution in [-0.2, 0) is 20.9 Å². The smallest absolute Gasteiger partial charge is 0.225 e. The molecule has 3 rings (SSSR count). The summed E-state index contributed by atoms with van der Waals surface area (Å²) in [5.74, 6) is -0.298. The summed E-state index contributed by atoms with van der Waals surface area (Å²) in [6.45, 7) is 2.26. The van der Waals surface area contributed by atoms with Gasteiger partial charge >= 0.3 is 0 Å². The van der Waals surface area contributed by atoms with E-state index in [4.69, 9.17) is 4.74 Å². The fourth-order valence-electron chi connectivity index (χ4n) is 2.95. The number of ether oxygens (including phenoxy) is 1. The molecule has 2 saturated heterocycles. The Morgan fingerprint density at radius 1 is 1.45 bits per heavy atom. The lowest BCUT2D eigenvalue weighted by atomic mass is 10.1. The fraction of sp³-hybridized carbons (Fsp3) is 0.562. The van der Waals surface area contributed by atoms with Crippen molar-refractivity contribution in [3.05, 3.63) is 30.1 Å². The molecule has 118 valence electrons. The third kappa shape index (κ3) is 3.62. The van der Waals surface area contributed by atoms with Gasteiger partial charge in [-0.1, -0.05) is 6.07 Å².